The molecule has 2 N–H and O–H groups in total. The molecule has 1 aromatic rings. The van der Waals surface area contributed by atoms with Crippen molar-refractivity contribution in [2.45, 2.75) is 24.9 Å². The van der Waals surface area contributed by atoms with Crippen LogP contribution in [0.15, 0.2) is 30.3 Å². The zero-order chi connectivity index (χ0) is 11.4. The number of aliphatic hydroxyl groups excluding tert-OH is 2. The molecule has 1 fully saturated rings. The Labute approximate surface area is 94.4 Å². The molecule has 0 aromatic heterocycles. The maximum absolute atomic E-state index is 9.66. The van der Waals surface area contributed by atoms with Crippen LogP contribution in [-0.4, -0.2) is 41.7 Å². The second-order valence-corrected chi connectivity index (χ2v) is 3.93. The van der Waals surface area contributed by atoms with Crippen molar-refractivity contribution < 1.29 is 19.7 Å². The summed E-state index contributed by atoms with van der Waals surface area (Å²) < 4.78 is 10.6. The number of hydrogen-bond donors (Lipinski definition) is 2. The Balaban J connectivity index is 1.85. The van der Waals surface area contributed by atoms with Gasteiger partial charge in [-0.2, -0.15) is 0 Å². The van der Waals surface area contributed by atoms with E-state index in [0.29, 0.717) is 13.2 Å². The van der Waals surface area contributed by atoms with Crippen LogP contribution in [0.2, 0.25) is 0 Å². The molecule has 3 atom stereocenters. The van der Waals surface area contributed by atoms with Gasteiger partial charge in [-0.05, 0) is 5.56 Å². The quantitative estimate of drug-likeness (QED) is 0.776. The molecule has 0 bridgehead atoms. The Morgan fingerprint density at radius 3 is 2.69 bits per heavy atom. The van der Waals surface area contributed by atoms with Crippen molar-refractivity contribution in [2.75, 3.05) is 13.2 Å². The number of ether oxygens (including phenoxy) is 2. The van der Waals surface area contributed by atoms with Crippen LogP contribution in [-0.2, 0) is 16.1 Å². The van der Waals surface area contributed by atoms with Gasteiger partial charge in [-0.15, -0.1) is 0 Å². The SMILES string of the molecule is O[C@H]1[C@H](O)COC[C@@H]1OCc1ccccc1. The van der Waals surface area contributed by atoms with Crippen LogP contribution in [0.1, 0.15) is 5.56 Å². The molecule has 2 rings (SSSR count). The fourth-order valence-electron chi connectivity index (χ4n) is 1.67. The molecular formula is C12H16O4. The van der Waals surface area contributed by atoms with Crippen molar-refractivity contribution in [3.05, 3.63) is 35.9 Å². The molecule has 88 valence electrons. The van der Waals surface area contributed by atoms with E-state index in [0.717, 1.165) is 5.56 Å². The first-order valence-electron chi connectivity index (χ1n) is 5.37. The van der Waals surface area contributed by atoms with Crippen molar-refractivity contribution in [1.82, 2.24) is 0 Å². The van der Waals surface area contributed by atoms with Crippen LogP contribution in [0.5, 0.6) is 0 Å². The highest BCUT2D eigenvalue weighted by Crippen LogP contribution is 2.14. The molecule has 0 radical (unpaired) electrons. The molecule has 1 aliphatic heterocycles. The summed E-state index contributed by atoms with van der Waals surface area (Å²) in [5, 5.41) is 19.1. The van der Waals surface area contributed by atoms with Crippen LogP contribution in [0.4, 0.5) is 0 Å². The predicted molar refractivity (Wildman–Crippen MR) is 57.9 cm³/mol. The molecule has 0 amide bonds. The van der Waals surface area contributed by atoms with Gasteiger partial charge in [-0.25, -0.2) is 0 Å². The molecule has 0 spiro atoms. The highest BCUT2D eigenvalue weighted by Gasteiger charge is 2.31. The molecule has 1 aromatic carbocycles. The number of rotatable bonds is 3. The topological polar surface area (TPSA) is 58.9 Å². The Bertz CT molecular complexity index is 314. The van der Waals surface area contributed by atoms with Crippen LogP contribution < -0.4 is 0 Å². The Morgan fingerprint density at radius 1 is 1.19 bits per heavy atom. The fourth-order valence-corrected chi connectivity index (χ4v) is 1.67. The average Bonchev–Trinajstić information content (AvgIpc) is 2.32. The lowest BCUT2D eigenvalue weighted by atomic mass is 10.1. The number of aliphatic hydroxyl groups is 2. The van der Waals surface area contributed by atoms with Gasteiger partial charge in [-0.1, -0.05) is 30.3 Å². The van der Waals surface area contributed by atoms with Gasteiger partial charge in [0.25, 0.3) is 0 Å². The molecule has 1 saturated heterocycles. The average molecular weight is 224 g/mol. The second-order valence-electron chi connectivity index (χ2n) is 3.93. The van der Waals surface area contributed by atoms with Crippen LogP contribution in [0, 0.1) is 0 Å². The summed E-state index contributed by atoms with van der Waals surface area (Å²) in [7, 11) is 0. The van der Waals surface area contributed by atoms with Crippen LogP contribution in [0.3, 0.4) is 0 Å². The smallest absolute Gasteiger partial charge is 0.111 e. The first kappa shape index (κ1) is 11.5. The van der Waals surface area contributed by atoms with Gasteiger partial charge in [-0.3, -0.25) is 0 Å². The molecule has 1 aliphatic rings. The van der Waals surface area contributed by atoms with Crippen LogP contribution in [0.25, 0.3) is 0 Å². The van der Waals surface area contributed by atoms with Crippen molar-refractivity contribution in [1.29, 1.82) is 0 Å². The molecule has 16 heavy (non-hydrogen) atoms. The molecule has 0 aliphatic carbocycles. The largest absolute Gasteiger partial charge is 0.388 e. The maximum atomic E-state index is 9.66. The third-order valence-electron chi connectivity index (χ3n) is 2.65. The summed E-state index contributed by atoms with van der Waals surface area (Å²) >= 11 is 0. The minimum Gasteiger partial charge on any atom is -0.388 e. The number of benzene rings is 1. The third kappa shape index (κ3) is 2.80. The van der Waals surface area contributed by atoms with Gasteiger partial charge < -0.3 is 19.7 Å². The Hall–Kier alpha value is -0.940. The zero-order valence-corrected chi connectivity index (χ0v) is 8.95. The summed E-state index contributed by atoms with van der Waals surface area (Å²) in [5.41, 5.74) is 1.04. The van der Waals surface area contributed by atoms with Gasteiger partial charge in [0, 0.05) is 0 Å². The van der Waals surface area contributed by atoms with Crippen molar-refractivity contribution >= 4 is 0 Å². The van der Waals surface area contributed by atoms with E-state index < -0.39 is 18.3 Å². The lowest BCUT2D eigenvalue weighted by molar-refractivity contribution is -0.173. The van der Waals surface area contributed by atoms with Gasteiger partial charge >= 0.3 is 0 Å². The lowest BCUT2D eigenvalue weighted by Crippen LogP contribution is -2.48. The molecule has 4 heteroatoms. The molecule has 1 heterocycles. The van der Waals surface area contributed by atoms with Gasteiger partial charge in [0.1, 0.15) is 18.3 Å². The first-order valence-corrected chi connectivity index (χ1v) is 5.37. The molecule has 4 nitrogen and oxygen atoms in total. The van der Waals surface area contributed by atoms with Crippen molar-refractivity contribution in [2.24, 2.45) is 0 Å². The first-order chi connectivity index (χ1) is 7.77. The van der Waals surface area contributed by atoms with Crippen molar-refractivity contribution in [3.63, 3.8) is 0 Å². The van der Waals surface area contributed by atoms with Gasteiger partial charge in [0.05, 0.1) is 19.8 Å². The predicted octanol–water partition coefficient (Wildman–Crippen LogP) is 0.324. The molecule has 0 unspecified atom stereocenters. The monoisotopic (exact) mass is 224 g/mol. The van der Waals surface area contributed by atoms with E-state index in [-0.39, 0.29) is 6.61 Å². The van der Waals surface area contributed by atoms with E-state index >= 15 is 0 Å². The summed E-state index contributed by atoms with van der Waals surface area (Å²) in [4.78, 5) is 0. The Morgan fingerprint density at radius 2 is 1.94 bits per heavy atom. The minimum absolute atomic E-state index is 0.173. The van der Waals surface area contributed by atoms with E-state index in [4.69, 9.17) is 9.47 Å². The summed E-state index contributed by atoms with van der Waals surface area (Å²) in [6.07, 6.45) is -2.17. The minimum atomic E-state index is -0.863. The second kappa shape index (κ2) is 5.41. The Kier molecular flexibility index (Phi) is 3.90. The molecular weight excluding hydrogens is 208 g/mol. The summed E-state index contributed by atoms with van der Waals surface area (Å²) in [6.45, 7) is 0.913. The fraction of sp³-hybridized carbons (Fsp3) is 0.500. The zero-order valence-electron chi connectivity index (χ0n) is 8.95. The normalized spacial score (nSPS) is 30.2. The summed E-state index contributed by atoms with van der Waals surface area (Å²) in [5.74, 6) is 0. The van der Waals surface area contributed by atoms with E-state index in [9.17, 15) is 10.2 Å². The van der Waals surface area contributed by atoms with E-state index in [1.807, 2.05) is 30.3 Å². The summed E-state index contributed by atoms with van der Waals surface area (Å²) in [6, 6.07) is 9.70. The van der Waals surface area contributed by atoms with Crippen LogP contribution >= 0.6 is 0 Å². The van der Waals surface area contributed by atoms with E-state index in [2.05, 4.69) is 0 Å². The lowest BCUT2D eigenvalue weighted by Gasteiger charge is -2.31. The van der Waals surface area contributed by atoms with Crippen molar-refractivity contribution in [3.8, 4) is 0 Å². The highest BCUT2D eigenvalue weighted by atomic mass is 16.6. The standard InChI is InChI=1S/C12H16O4/c13-10-7-15-8-11(12(10)14)16-6-9-4-2-1-3-5-9/h1-5,10-14H,6-8H2/t10-,11+,12+/m1/s1. The van der Waals surface area contributed by atoms with Gasteiger partial charge in [0.15, 0.2) is 0 Å². The maximum Gasteiger partial charge on any atom is 0.111 e. The third-order valence-corrected chi connectivity index (χ3v) is 2.65. The van der Waals surface area contributed by atoms with E-state index in [1.54, 1.807) is 0 Å². The molecule has 0 saturated carbocycles. The highest BCUT2D eigenvalue weighted by molar-refractivity contribution is 5.13. The number of hydrogen-bond acceptors (Lipinski definition) is 4. The van der Waals surface area contributed by atoms with E-state index in [1.165, 1.54) is 0 Å². The van der Waals surface area contributed by atoms with Gasteiger partial charge in [0.2, 0.25) is 0 Å².